The fourth-order valence-electron chi connectivity index (χ4n) is 8.04. The van der Waals surface area contributed by atoms with E-state index in [9.17, 15) is 9.59 Å². The van der Waals surface area contributed by atoms with Crippen LogP contribution in [0.15, 0.2) is 48.5 Å². The van der Waals surface area contributed by atoms with Crippen molar-refractivity contribution in [1.82, 2.24) is 0 Å². The highest BCUT2D eigenvalue weighted by Gasteiger charge is 2.58. The molecule has 8 heteroatoms. The van der Waals surface area contributed by atoms with Crippen LogP contribution in [0.25, 0.3) is 0 Å². The van der Waals surface area contributed by atoms with Crippen molar-refractivity contribution in [2.45, 2.75) is 51.4 Å². The Labute approximate surface area is 235 Å². The van der Waals surface area contributed by atoms with E-state index in [1.165, 1.54) is 6.42 Å². The maximum Gasteiger partial charge on any atom is 0.311 e. The summed E-state index contributed by atoms with van der Waals surface area (Å²) in [4.78, 5) is 26.6. The van der Waals surface area contributed by atoms with Crippen molar-refractivity contribution >= 4 is 11.9 Å². The summed E-state index contributed by atoms with van der Waals surface area (Å²) in [5.41, 5.74) is -0.275. The second kappa shape index (κ2) is 11.8. The van der Waals surface area contributed by atoms with Gasteiger partial charge in [0, 0.05) is 0 Å². The Morgan fingerprint density at radius 3 is 1.40 bits per heavy atom. The lowest BCUT2D eigenvalue weighted by atomic mass is 9.43. The molecule has 0 aromatic heterocycles. The Morgan fingerprint density at radius 2 is 0.950 bits per heavy atom. The summed E-state index contributed by atoms with van der Waals surface area (Å²) in [6.07, 6.45) is 6.81. The lowest BCUT2D eigenvalue weighted by molar-refractivity contribution is -0.157. The Morgan fingerprint density at radius 1 is 0.550 bits per heavy atom. The van der Waals surface area contributed by atoms with E-state index in [4.69, 9.17) is 28.4 Å². The van der Waals surface area contributed by atoms with Gasteiger partial charge in [-0.2, -0.15) is 0 Å². The monoisotopic (exact) mass is 550 g/mol. The molecule has 8 nitrogen and oxygen atoms in total. The van der Waals surface area contributed by atoms with E-state index >= 15 is 0 Å². The van der Waals surface area contributed by atoms with E-state index in [2.05, 4.69) is 0 Å². The first-order valence-electron chi connectivity index (χ1n) is 14.5. The fourth-order valence-corrected chi connectivity index (χ4v) is 8.04. The van der Waals surface area contributed by atoms with Crippen LogP contribution in [0.2, 0.25) is 0 Å². The maximum atomic E-state index is 13.3. The Hall–Kier alpha value is -3.10. The first kappa shape index (κ1) is 27.1. The molecule has 4 bridgehead atoms. The molecule has 7 rings (SSSR count). The quantitative estimate of drug-likeness (QED) is 0.320. The van der Waals surface area contributed by atoms with Gasteiger partial charge in [0.2, 0.25) is 0 Å². The van der Waals surface area contributed by atoms with Gasteiger partial charge in [0.1, 0.15) is 13.2 Å². The number of hydrogen-bond donors (Lipinski definition) is 0. The number of hydrogen-bond acceptors (Lipinski definition) is 8. The van der Waals surface area contributed by atoms with Crippen molar-refractivity contribution in [3.63, 3.8) is 0 Å². The van der Waals surface area contributed by atoms with Gasteiger partial charge in [-0.1, -0.05) is 24.3 Å². The molecule has 1 aliphatic heterocycles. The van der Waals surface area contributed by atoms with Crippen molar-refractivity contribution < 1.29 is 38.0 Å². The second-order valence-corrected chi connectivity index (χ2v) is 12.1. The van der Waals surface area contributed by atoms with Crippen LogP contribution >= 0.6 is 0 Å². The zero-order chi connectivity index (χ0) is 27.4. The van der Waals surface area contributed by atoms with E-state index in [1.807, 2.05) is 24.3 Å². The van der Waals surface area contributed by atoms with E-state index in [1.54, 1.807) is 24.3 Å². The second-order valence-electron chi connectivity index (χ2n) is 12.1. The number of ether oxygens (including phenoxy) is 6. The third-order valence-electron chi connectivity index (χ3n) is 8.83. The minimum Gasteiger partial charge on any atom is -0.487 e. The molecule has 40 heavy (non-hydrogen) atoms. The molecule has 0 unspecified atom stereocenters. The van der Waals surface area contributed by atoms with Crippen LogP contribution in [-0.4, -0.2) is 51.6 Å². The number of benzene rings is 2. The molecule has 0 saturated heterocycles. The van der Waals surface area contributed by atoms with Crippen molar-refractivity contribution in [3.8, 4) is 23.0 Å². The Balaban J connectivity index is 1.21. The van der Waals surface area contributed by atoms with Gasteiger partial charge in [-0.15, -0.1) is 0 Å². The number of carbonyl (C=O) groups is 2. The number of para-hydroxylation sites is 4. The minimum absolute atomic E-state index is 0.138. The number of carbonyl (C=O) groups excluding carboxylic acids is 2. The minimum atomic E-state index is -0.242. The van der Waals surface area contributed by atoms with Crippen LogP contribution in [0.1, 0.15) is 51.4 Å². The van der Waals surface area contributed by atoms with Crippen LogP contribution in [0, 0.1) is 22.7 Å². The molecule has 0 radical (unpaired) electrons. The third kappa shape index (κ3) is 6.28. The molecule has 214 valence electrons. The van der Waals surface area contributed by atoms with Crippen LogP contribution in [0.5, 0.6) is 23.0 Å². The van der Waals surface area contributed by atoms with Crippen molar-refractivity contribution in [2.24, 2.45) is 22.7 Å². The largest absolute Gasteiger partial charge is 0.487 e. The van der Waals surface area contributed by atoms with Gasteiger partial charge >= 0.3 is 11.9 Å². The molecule has 4 saturated carbocycles. The summed E-state index contributed by atoms with van der Waals surface area (Å²) in [6.45, 7) is 2.26. The van der Waals surface area contributed by atoms with Gasteiger partial charge in [0.05, 0.1) is 39.3 Å². The zero-order valence-corrected chi connectivity index (χ0v) is 22.9. The Bertz CT molecular complexity index is 1110. The Kier molecular flexibility index (Phi) is 7.98. The summed E-state index contributed by atoms with van der Waals surface area (Å²) in [5.74, 6) is 2.48. The molecular weight excluding hydrogens is 512 g/mol. The van der Waals surface area contributed by atoms with Crippen molar-refractivity contribution in [3.05, 3.63) is 48.5 Å². The first-order valence-corrected chi connectivity index (χ1v) is 14.5. The number of esters is 2. The molecular formula is C32H38O8. The summed E-state index contributed by atoms with van der Waals surface area (Å²) in [7, 11) is 0. The summed E-state index contributed by atoms with van der Waals surface area (Å²) >= 11 is 0. The predicted molar refractivity (Wildman–Crippen MR) is 146 cm³/mol. The van der Waals surface area contributed by atoms with Gasteiger partial charge in [-0.25, -0.2) is 0 Å². The van der Waals surface area contributed by atoms with Gasteiger partial charge < -0.3 is 28.4 Å². The van der Waals surface area contributed by atoms with E-state index in [0.717, 1.165) is 32.1 Å². The van der Waals surface area contributed by atoms with Crippen LogP contribution in [0.4, 0.5) is 0 Å². The van der Waals surface area contributed by atoms with E-state index < -0.39 is 0 Å². The van der Waals surface area contributed by atoms with Crippen molar-refractivity contribution in [2.75, 3.05) is 39.6 Å². The van der Waals surface area contributed by atoms with E-state index in [-0.39, 0.29) is 22.8 Å². The summed E-state index contributed by atoms with van der Waals surface area (Å²) in [5, 5.41) is 0. The molecule has 5 aliphatic rings. The average Bonchev–Trinajstić information content (AvgIpc) is 2.89. The van der Waals surface area contributed by atoms with Crippen LogP contribution in [-0.2, 0) is 19.1 Å². The first-order chi connectivity index (χ1) is 19.5. The molecule has 2 aromatic rings. The van der Waals surface area contributed by atoms with Gasteiger partial charge in [0.25, 0.3) is 0 Å². The van der Waals surface area contributed by atoms with Crippen LogP contribution < -0.4 is 18.9 Å². The standard InChI is InChI=1S/C32H38O8/c33-29-20-31-16-23-15-24(17-31)19-32(18-23,22-31)21-30(34)40-28-8-4-2-6-26(28)38-14-12-36-10-9-35-11-13-37-25-5-1-3-7-27(25)39-29/h1-8,23-24H,9-22H2. The molecule has 0 atom stereocenters. The smallest absolute Gasteiger partial charge is 0.311 e. The van der Waals surface area contributed by atoms with Crippen molar-refractivity contribution in [1.29, 1.82) is 0 Å². The molecule has 2 aromatic carbocycles. The lowest BCUT2D eigenvalue weighted by Gasteiger charge is -2.62. The third-order valence-corrected chi connectivity index (χ3v) is 8.83. The zero-order valence-electron chi connectivity index (χ0n) is 22.9. The molecule has 0 N–H and O–H groups in total. The van der Waals surface area contributed by atoms with Gasteiger partial charge in [0.15, 0.2) is 23.0 Å². The molecule has 4 aliphatic carbocycles. The molecule has 0 amide bonds. The molecule has 2 spiro atoms. The summed E-state index contributed by atoms with van der Waals surface area (Å²) < 4.78 is 34.7. The highest BCUT2D eigenvalue weighted by atomic mass is 16.6. The number of rotatable bonds is 0. The normalized spacial score (nSPS) is 31.5. The SMILES string of the molecule is O=C1CC23CC4CC(C2)CC(CC(=O)Oc2ccccc2OCCOCCOCCOc2ccccc2O1)(C4)C3. The fraction of sp³-hybridized carbons (Fsp3) is 0.562. The van der Waals surface area contributed by atoms with E-state index in [0.29, 0.717) is 87.3 Å². The lowest BCUT2D eigenvalue weighted by Crippen LogP contribution is -2.53. The van der Waals surface area contributed by atoms with Gasteiger partial charge in [-0.05, 0) is 85.5 Å². The predicted octanol–water partition coefficient (Wildman–Crippen LogP) is 5.37. The molecule has 4 fully saturated rings. The van der Waals surface area contributed by atoms with Gasteiger partial charge in [-0.3, -0.25) is 9.59 Å². The topological polar surface area (TPSA) is 89.5 Å². The number of fused-ring (bicyclic) bond motifs is 2. The highest BCUT2D eigenvalue weighted by molar-refractivity contribution is 5.75. The highest BCUT2D eigenvalue weighted by Crippen LogP contribution is 2.67. The average molecular weight is 551 g/mol. The van der Waals surface area contributed by atoms with Crippen LogP contribution in [0.3, 0.4) is 0 Å². The summed E-state index contributed by atoms with van der Waals surface area (Å²) in [6, 6.07) is 14.5. The molecule has 1 heterocycles. The maximum absolute atomic E-state index is 13.3.